The molecule has 0 aromatic heterocycles. The fraction of sp³-hybridized carbons (Fsp3) is 1.00. The van der Waals surface area contributed by atoms with Crippen LogP contribution >= 0.6 is 0 Å². The molecule has 1 saturated carbocycles. The Labute approximate surface area is 96.7 Å². The lowest BCUT2D eigenvalue weighted by atomic mass is 10.1. The van der Waals surface area contributed by atoms with Gasteiger partial charge in [0.1, 0.15) is 6.61 Å². The maximum absolute atomic E-state index is 11.8. The van der Waals surface area contributed by atoms with Crippen molar-refractivity contribution in [2.75, 3.05) is 19.8 Å². The van der Waals surface area contributed by atoms with Crippen LogP contribution in [0.1, 0.15) is 39.0 Å². The summed E-state index contributed by atoms with van der Waals surface area (Å²) >= 11 is 0. The summed E-state index contributed by atoms with van der Waals surface area (Å²) in [4.78, 5) is 0. The summed E-state index contributed by atoms with van der Waals surface area (Å²) in [5, 5.41) is 3.46. The normalized spacial score (nSPS) is 18.0. The Morgan fingerprint density at radius 2 is 2.12 bits per heavy atom. The van der Waals surface area contributed by atoms with Gasteiger partial charge in [0.05, 0.1) is 0 Å². The molecule has 1 N–H and O–H groups in total. The van der Waals surface area contributed by atoms with E-state index in [4.69, 9.17) is 4.74 Å². The average molecular weight is 235 g/mol. The van der Waals surface area contributed by atoms with Crippen LogP contribution in [-0.2, 0) is 4.74 Å². The summed E-state index contributed by atoms with van der Waals surface area (Å²) in [6.45, 7) is 3.16. The van der Waals surface area contributed by atoms with Gasteiger partial charge in [0.15, 0.2) is 0 Å². The van der Waals surface area contributed by atoms with Gasteiger partial charge in [-0.15, -0.1) is 0 Å². The van der Waals surface area contributed by atoms with Gasteiger partial charge in [-0.2, -0.15) is 0 Å². The SMILES string of the molecule is CCCNC(CCOCC(F)F)CC1CC1. The quantitative estimate of drug-likeness (QED) is 0.588. The topological polar surface area (TPSA) is 21.3 Å². The Balaban J connectivity index is 2.05. The van der Waals surface area contributed by atoms with E-state index in [1.807, 2.05) is 0 Å². The van der Waals surface area contributed by atoms with Crippen LogP contribution in [0.15, 0.2) is 0 Å². The minimum Gasteiger partial charge on any atom is -0.375 e. The molecule has 1 fully saturated rings. The highest BCUT2D eigenvalue weighted by Gasteiger charge is 2.24. The first-order chi connectivity index (χ1) is 7.72. The monoisotopic (exact) mass is 235 g/mol. The fourth-order valence-electron chi connectivity index (χ4n) is 1.81. The van der Waals surface area contributed by atoms with Crippen molar-refractivity contribution in [3.63, 3.8) is 0 Å². The zero-order chi connectivity index (χ0) is 11.8. The summed E-state index contributed by atoms with van der Waals surface area (Å²) in [6, 6.07) is 0.449. The number of alkyl halides is 2. The third kappa shape index (κ3) is 7.12. The fourth-order valence-corrected chi connectivity index (χ4v) is 1.81. The highest BCUT2D eigenvalue weighted by atomic mass is 19.3. The van der Waals surface area contributed by atoms with E-state index in [2.05, 4.69) is 12.2 Å². The number of hydrogen-bond acceptors (Lipinski definition) is 2. The van der Waals surface area contributed by atoms with Gasteiger partial charge < -0.3 is 10.1 Å². The molecule has 0 aromatic rings. The molecule has 0 saturated heterocycles. The highest BCUT2D eigenvalue weighted by Crippen LogP contribution is 2.34. The molecule has 1 aliphatic carbocycles. The van der Waals surface area contributed by atoms with Crippen molar-refractivity contribution in [1.82, 2.24) is 5.32 Å². The Morgan fingerprint density at radius 1 is 1.38 bits per heavy atom. The van der Waals surface area contributed by atoms with E-state index in [1.54, 1.807) is 0 Å². The van der Waals surface area contributed by atoms with Crippen molar-refractivity contribution in [3.8, 4) is 0 Å². The van der Waals surface area contributed by atoms with Crippen molar-refractivity contribution in [1.29, 1.82) is 0 Å². The third-order valence-electron chi connectivity index (χ3n) is 2.85. The first kappa shape index (κ1) is 13.8. The molecule has 16 heavy (non-hydrogen) atoms. The largest absolute Gasteiger partial charge is 0.375 e. The molecular formula is C12H23F2NO. The first-order valence-corrected chi connectivity index (χ1v) is 6.31. The van der Waals surface area contributed by atoms with Gasteiger partial charge in [0.2, 0.25) is 0 Å². The predicted molar refractivity (Wildman–Crippen MR) is 60.9 cm³/mol. The van der Waals surface area contributed by atoms with Crippen LogP contribution in [0.2, 0.25) is 0 Å². The molecule has 2 nitrogen and oxygen atoms in total. The molecule has 0 radical (unpaired) electrons. The van der Waals surface area contributed by atoms with E-state index in [-0.39, 0.29) is 0 Å². The maximum atomic E-state index is 11.8. The zero-order valence-electron chi connectivity index (χ0n) is 10.1. The minimum absolute atomic E-state index is 0.427. The van der Waals surface area contributed by atoms with Gasteiger partial charge in [-0.1, -0.05) is 19.8 Å². The van der Waals surface area contributed by atoms with Crippen molar-refractivity contribution < 1.29 is 13.5 Å². The van der Waals surface area contributed by atoms with Crippen molar-refractivity contribution >= 4 is 0 Å². The molecule has 0 amide bonds. The maximum Gasteiger partial charge on any atom is 0.261 e. The Kier molecular flexibility index (Phi) is 6.88. The van der Waals surface area contributed by atoms with E-state index in [0.717, 1.165) is 25.3 Å². The van der Waals surface area contributed by atoms with Crippen LogP contribution in [0.4, 0.5) is 8.78 Å². The van der Waals surface area contributed by atoms with Crippen molar-refractivity contribution in [3.05, 3.63) is 0 Å². The van der Waals surface area contributed by atoms with E-state index in [1.165, 1.54) is 19.3 Å². The Morgan fingerprint density at radius 3 is 2.69 bits per heavy atom. The summed E-state index contributed by atoms with van der Waals surface area (Å²) in [6.07, 6.45) is 3.47. The number of rotatable bonds is 10. The van der Waals surface area contributed by atoms with Crippen LogP contribution in [0.3, 0.4) is 0 Å². The van der Waals surface area contributed by atoms with E-state index >= 15 is 0 Å². The Bertz CT molecular complexity index is 174. The molecule has 0 bridgehead atoms. The van der Waals surface area contributed by atoms with Gasteiger partial charge >= 0.3 is 0 Å². The molecule has 1 aliphatic rings. The lowest BCUT2D eigenvalue weighted by Gasteiger charge is -2.18. The standard InChI is InChI=1S/C12H23F2NO/c1-2-6-15-11(8-10-3-4-10)5-7-16-9-12(13)14/h10-12,15H,2-9H2,1H3. The zero-order valence-corrected chi connectivity index (χ0v) is 10.1. The molecule has 0 aliphatic heterocycles. The number of hydrogen-bond donors (Lipinski definition) is 1. The number of ether oxygens (including phenoxy) is 1. The molecular weight excluding hydrogens is 212 g/mol. The lowest BCUT2D eigenvalue weighted by Crippen LogP contribution is -2.31. The smallest absolute Gasteiger partial charge is 0.261 e. The van der Waals surface area contributed by atoms with Crippen molar-refractivity contribution in [2.45, 2.75) is 51.5 Å². The summed E-state index contributed by atoms with van der Waals surface area (Å²) in [7, 11) is 0. The summed E-state index contributed by atoms with van der Waals surface area (Å²) in [5.41, 5.74) is 0. The molecule has 1 rings (SSSR count). The molecule has 0 aromatic carbocycles. The van der Waals surface area contributed by atoms with E-state index in [0.29, 0.717) is 12.6 Å². The van der Waals surface area contributed by atoms with Gasteiger partial charge in [-0.3, -0.25) is 0 Å². The Hall–Kier alpha value is -0.220. The minimum atomic E-state index is -2.34. The van der Waals surface area contributed by atoms with Gasteiger partial charge in [0, 0.05) is 12.6 Å². The third-order valence-corrected chi connectivity index (χ3v) is 2.85. The van der Waals surface area contributed by atoms with Gasteiger partial charge in [-0.05, 0) is 31.7 Å². The molecule has 0 heterocycles. The van der Waals surface area contributed by atoms with Crippen molar-refractivity contribution in [2.24, 2.45) is 5.92 Å². The second-order valence-electron chi connectivity index (χ2n) is 4.58. The van der Waals surface area contributed by atoms with Gasteiger partial charge in [0.25, 0.3) is 6.43 Å². The summed E-state index contributed by atoms with van der Waals surface area (Å²) in [5.74, 6) is 0.865. The van der Waals surface area contributed by atoms with E-state index in [9.17, 15) is 8.78 Å². The molecule has 1 unspecified atom stereocenters. The molecule has 96 valence electrons. The second kappa shape index (κ2) is 7.96. The van der Waals surface area contributed by atoms with Gasteiger partial charge in [-0.25, -0.2) is 8.78 Å². The van der Waals surface area contributed by atoms with Crippen LogP contribution in [0.5, 0.6) is 0 Å². The molecule has 0 spiro atoms. The number of halogens is 2. The lowest BCUT2D eigenvalue weighted by molar-refractivity contribution is 0.0141. The molecule has 1 atom stereocenters. The highest BCUT2D eigenvalue weighted by molar-refractivity contribution is 4.80. The molecule has 4 heteroatoms. The first-order valence-electron chi connectivity index (χ1n) is 6.31. The second-order valence-corrected chi connectivity index (χ2v) is 4.58. The summed E-state index contributed by atoms with van der Waals surface area (Å²) < 4.78 is 28.6. The number of nitrogens with one attached hydrogen (secondary N) is 1. The average Bonchev–Trinajstić information content (AvgIpc) is 3.04. The predicted octanol–water partition coefficient (Wildman–Crippen LogP) is 2.83. The van der Waals surface area contributed by atoms with Crippen LogP contribution in [0, 0.1) is 5.92 Å². The van der Waals surface area contributed by atoms with Crippen LogP contribution in [0.25, 0.3) is 0 Å². The van der Waals surface area contributed by atoms with E-state index < -0.39 is 13.0 Å². The van der Waals surface area contributed by atoms with Crippen LogP contribution < -0.4 is 5.32 Å². The van der Waals surface area contributed by atoms with Crippen LogP contribution in [-0.4, -0.2) is 32.2 Å².